The zero-order valence-corrected chi connectivity index (χ0v) is 11.4. The van der Waals surface area contributed by atoms with E-state index < -0.39 is 0 Å². The summed E-state index contributed by atoms with van der Waals surface area (Å²) in [7, 11) is 0. The van der Waals surface area contributed by atoms with E-state index in [1.165, 1.54) is 11.1 Å². The first-order valence-corrected chi connectivity index (χ1v) is 6.79. The lowest BCUT2D eigenvalue weighted by molar-refractivity contribution is 0.389. The first kappa shape index (κ1) is 11.7. The smallest absolute Gasteiger partial charge is 0.0103 e. The van der Waals surface area contributed by atoms with E-state index in [2.05, 4.69) is 78.3 Å². The Hall–Kier alpha value is -0.820. The van der Waals surface area contributed by atoms with Crippen molar-refractivity contribution in [1.29, 1.82) is 0 Å². The number of benzene rings is 1. The molecule has 1 unspecified atom stereocenters. The van der Waals surface area contributed by atoms with E-state index in [-0.39, 0.29) is 5.41 Å². The summed E-state index contributed by atoms with van der Waals surface area (Å²) in [5.41, 5.74) is 2.96. The second kappa shape index (κ2) is 4.58. The minimum absolute atomic E-state index is 0.194. The molecule has 1 aromatic rings. The highest BCUT2D eigenvalue weighted by Gasteiger charge is 2.32. The van der Waals surface area contributed by atoms with Crippen LogP contribution in [0.5, 0.6) is 0 Å². The fraction of sp³-hybridized carbons (Fsp3) is 0.333. The normalized spacial score (nSPS) is 22.9. The largest absolute Gasteiger partial charge is 0.0921 e. The van der Waals surface area contributed by atoms with E-state index in [0.29, 0.717) is 5.92 Å². The quantitative estimate of drug-likeness (QED) is 0.689. The lowest BCUT2D eigenvalue weighted by Gasteiger charge is -2.36. The zero-order valence-electron chi connectivity index (χ0n) is 9.78. The second-order valence-electron chi connectivity index (χ2n) is 4.81. The van der Waals surface area contributed by atoms with Crippen molar-refractivity contribution in [3.05, 3.63) is 54.1 Å². The summed E-state index contributed by atoms with van der Waals surface area (Å²) >= 11 is 3.61. The first-order valence-electron chi connectivity index (χ1n) is 5.66. The highest BCUT2D eigenvalue weighted by atomic mass is 79.9. The Morgan fingerprint density at radius 2 is 1.88 bits per heavy atom. The Balaban J connectivity index is 2.42. The van der Waals surface area contributed by atoms with Crippen molar-refractivity contribution in [3.8, 4) is 0 Å². The van der Waals surface area contributed by atoms with Crippen molar-refractivity contribution in [2.75, 3.05) is 5.33 Å². The molecule has 16 heavy (non-hydrogen) atoms. The molecule has 84 valence electrons. The van der Waals surface area contributed by atoms with Crippen LogP contribution in [0.3, 0.4) is 0 Å². The molecule has 0 saturated carbocycles. The van der Waals surface area contributed by atoms with Crippen molar-refractivity contribution in [1.82, 2.24) is 0 Å². The van der Waals surface area contributed by atoms with Crippen LogP contribution in [0.15, 0.2) is 48.6 Å². The molecule has 0 bridgehead atoms. The molecule has 0 N–H and O–H groups in total. The maximum atomic E-state index is 3.61. The van der Waals surface area contributed by atoms with Crippen molar-refractivity contribution >= 4 is 21.5 Å². The zero-order chi connectivity index (χ0) is 11.6. The fourth-order valence-corrected chi connectivity index (χ4v) is 3.30. The average molecular weight is 277 g/mol. The summed E-state index contributed by atoms with van der Waals surface area (Å²) in [5.74, 6) is 0.563. The molecule has 2 rings (SSSR count). The van der Waals surface area contributed by atoms with Crippen molar-refractivity contribution in [2.24, 2.45) is 11.3 Å². The highest BCUT2D eigenvalue weighted by molar-refractivity contribution is 9.09. The Bertz CT molecular complexity index is 412. The van der Waals surface area contributed by atoms with Gasteiger partial charge >= 0.3 is 0 Å². The van der Waals surface area contributed by atoms with Crippen LogP contribution in [0.1, 0.15) is 19.4 Å². The third-order valence-corrected chi connectivity index (χ3v) is 4.18. The SMILES string of the molecule is CC1(C)C(c2ccccc2)=CC=CC1CBr. The van der Waals surface area contributed by atoms with Gasteiger partial charge in [-0.15, -0.1) is 0 Å². The van der Waals surface area contributed by atoms with Gasteiger partial charge in [0.2, 0.25) is 0 Å². The van der Waals surface area contributed by atoms with Crippen LogP contribution in [0.4, 0.5) is 0 Å². The van der Waals surface area contributed by atoms with Gasteiger partial charge in [-0.2, -0.15) is 0 Å². The molecule has 0 fully saturated rings. The lowest BCUT2D eigenvalue weighted by Crippen LogP contribution is -2.27. The van der Waals surface area contributed by atoms with Crippen LogP contribution in [0.25, 0.3) is 5.57 Å². The van der Waals surface area contributed by atoms with E-state index >= 15 is 0 Å². The molecule has 0 aromatic heterocycles. The maximum Gasteiger partial charge on any atom is 0.0103 e. The maximum absolute atomic E-state index is 3.61. The van der Waals surface area contributed by atoms with Gasteiger partial charge in [0.25, 0.3) is 0 Å². The third-order valence-electron chi connectivity index (χ3n) is 3.48. The van der Waals surface area contributed by atoms with Gasteiger partial charge in [-0.1, -0.05) is 78.3 Å². The van der Waals surface area contributed by atoms with Crippen molar-refractivity contribution in [2.45, 2.75) is 13.8 Å². The molecule has 1 aromatic carbocycles. The van der Waals surface area contributed by atoms with Gasteiger partial charge in [-0.3, -0.25) is 0 Å². The molecular weight excluding hydrogens is 260 g/mol. The van der Waals surface area contributed by atoms with Crippen LogP contribution in [-0.4, -0.2) is 5.33 Å². The average Bonchev–Trinajstić information content (AvgIpc) is 2.29. The van der Waals surface area contributed by atoms with Crippen LogP contribution >= 0.6 is 15.9 Å². The Morgan fingerprint density at radius 3 is 2.50 bits per heavy atom. The van der Waals surface area contributed by atoms with Gasteiger partial charge in [-0.05, 0) is 22.5 Å². The summed E-state index contributed by atoms with van der Waals surface area (Å²) < 4.78 is 0. The van der Waals surface area contributed by atoms with Gasteiger partial charge in [-0.25, -0.2) is 0 Å². The number of halogens is 1. The van der Waals surface area contributed by atoms with Crippen LogP contribution < -0.4 is 0 Å². The van der Waals surface area contributed by atoms with Crippen molar-refractivity contribution in [3.63, 3.8) is 0 Å². The van der Waals surface area contributed by atoms with Gasteiger partial charge in [0.05, 0.1) is 0 Å². The number of hydrogen-bond acceptors (Lipinski definition) is 0. The summed E-state index contributed by atoms with van der Waals surface area (Å²) in [4.78, 5) is 0. The van der Waals surface area contributed by atoms with E-state index in [1.807, 2.05) is 0 Å². The molecule has 0 spiro atoms. The number of hydrogen-bond donors (Lipinski definition) is 0. The Kier molecular flexibility index (Phi) is 3.34. The van der Waals surface area contributed by atoms with Gasteiger partial charge in [0.15, 0.2) is 0 Å². The summed E-state index contributed by atoms with van der Waals surface area (Å²) in [6.45, 7) is 4.64. The second-order valence-corrected chi connectivity index (χ2v) is 5.46. The molecule has 1 aliphatic rings. The van der Waals surface area contributed by atoms with E-state index in [4.69, 9.17) is 0 Å². The summed E-state index contributed by atoms with van der Waals surface area (Å²) in [6.07, 6.45) is 6.72. The standard InChI is InChI=1S/C15H17Br/c1-15(2)13(11-16)9-6-10-14(15)12-7-4-3-5-8-12/h3-10,13H,11H2,1-2H3. The van der Waals surface area contributed by atoms with Gasteiger partial charge < -0.3 is 0 Å². The van der Waals surface area contributed by atoms with Gasteiger partial charge in [0, 0.05) is 5.33 Å². The Labute approximate surface area is 106 Å². The predicted octanol–water partition coefficient (Wildman–Crippen LogP) is 4.68. The predicted molar refractivity (Wildman–Crippen MR) is 74.6 cm³/mol. The minimum Gasteiger partial charge on any atom is -0.0921 e. The molecule has 0 aliphatic heterocycles. The summed E-state index contributed by atoms with van der Waals surface area (Å²) in [6, 6.07) is 10.7. The molecule has 1 aliphatic carbocycles. The van der Waals surface area contributed by atoms with Crippen LogP contribution in [-0.2, 0) is 0 Å². The van der Waals surface area contributed by atoms with E-state index in [1.54, 1.807) is 0 Å². The monoisotopic (exact) mass is 276 g/mol. The molecule has 0 radical (unpaired) electrons. The fourth-order valence-electron chi connectivity index (χ4n) is 2.27. The van der Waals surface area contributed by atoms with Crippen molar-refractivity contribution < 1.29 is 0 Å². The highest BCUT2D eigenvalue weighted by Crippen LogP contribution is 2.44. The van der Waals surface area contributed by atoms with E-state index in [9.17, 15) is 0 Å². The van der Waals surface area contributed by atoms with E-state index in [0.717, 1.165) is 5.33 Å². The number of alkyl halides is 1. The molecule has 0 amide bonds. The molecule has 0 saturated heterocycles. The first-order chi connectivity index (χ1) is 7.66. The molecule has 1 atom stereocenters. The third kappa shape index (κ3) is 2.01. The topological polar surface area (TPSA) is 0 Å². The van der Waals surface area contributed by atoms with Gasteiger partial charge in [0.1, 0.15) is 0 Å². The molecule has 0 heterocycles. The summed E-state index contributed by atoms with van der Waals surface area (Å²) in [5, 5.41) is 1.01. The molecular formula is C15H17Br. The lowest BCUT2D eigenvalue weighted by atomic mass is 9.69. The minimum atomic E-state index is 0.194. The Morgan fingerprint density at radius 1 is 1.19 bits per heavy atom. The molecule has 1 heteroatoms. The van der Waals surface area contributed by atoms with Crippen LogP contribution in [0.2, 0.25) is 0 Å². The number of rotatable bonds is 2. The number of allylic oxidation sites excluding steroid dienone is 4. The van der Waals surface area contributed by atoms with Crippen LogP contribution in [0, 0.1) is 11.3 Å². The molecule has 0 nitrogen and oxygen atoms in total.